The van der Waals surface area contributed by atoms with Gasteiger partial charge in [-0.15, -0.1) is 0 Å². The minimum atomic E-state index is -0.413. The third-order valence-electron chi connectivity index (χ3n) is 3.84. The molecule has 3 rings (SSSR count). The van der Waals surface area contributed by atoms with Crippen molar-refractivity contribution < 1.29 is 14.4 Å². The minimum Gasteiger partial charge on any atom is -0.326 e. The second-order valence-corrected chi connectivity index (χ2v) is 6.51. The molecule has 0 saturated heterocycles. The van der Waals surface area contributed by atoms with Crippen molar-refractivity contribution in [1.82, 2.24) is 4.98 Å². The fourth-order valence-electron chi connectivity index (χ4n) is 2.54. The second kappa shape index (κ2) is 8.99. The minimum absolute atomic E-state index is 0.235. The number of benzene rings is 2. The lowest BCUT2D eigenvalue weighted by molar-refractivity contribution is -0.114. The maximum absolute atomic E-state index is 12.6. The molecule has 0 fully saturated rings. The van der Waals surface area contributed by atoms with Crippen LogP contribution in [-0.2, 0) is 4.79 Å². The second-order valence-electron chi connectivity index (χ2n) is 6.11. The summed E-state index contributed by atoms with van der Waals surface area (Å²) >= 11 is 6.14. The molecule has 29 heavy (non-hydrogen) atoms. The molecular formula is C21H17ClN4O3. The first kappa shape index (κ1) is 20.0. The number of pyridine rings is 1. The fourth-order valence-corrected chi connectivity index (χ4v) is 2.70. The van der Waals surface area contributed by atoms with Gasteiger partial charge in [-0.2, -0.15) is 0 Å². The van der Waals surface area contributed by atoms with Crippen LogP contribution in [0.4, 0.5) is 17.1 Å². The summed E-state index contributed by atoms with van der Waals surface area (Å²) in [5, 5.41) is 8.39. The average molecular weight is 409 g/mol. The van der Waals surface area contributed by atoms with E-state index in [1.807, 2.05) is 0 Å². The summed E-state index contributed by atoms with van der Waals surface area (Å²) in [6.45, 7) is 1.39. The summed E-state index contributed by atoms with van der Waals surface area (Å²) in [6, 6.07) is 14.6. The molecule has 1 heterocycles. The Morgan fingerprint density at radius 1 is 0.828 bits per heavy atom. The fraction of sp³-hybridized carbons (Fsp3) is 0.0476. The van der Waals surface area contributed by atoms with E-state index in [1.54, 1.807) is 60.8 Å². The van der Waals surface area contributed by atoms with Gasteiger partial charge in [-0.25, -0.2) is 0 Å². The van der Waals surface area contributed by atoms with E-state index in [4.69, 9.17) is 11.6 Å². The highest BCUT2D eigenvalue weighted by Gasteiger charge is 2.12. The molecule has 3 aromatic rings. The molecule has 0 radical (unpaired) electrons. The van der Waals surface area contributed by atoms with Gasteiger partial charge in [0.1, 0.15) is 0 Å². The zero-order valence-electron chi connectivity index (χ0n) is 15.4. The van der Waals surface area contributed by atoms with Crippen LogP contribution in [0.25, 0.3) is 0 Å². The van der Waals surface area contributed by atoms with Crippen LogP contribution in [0.2, 0.25) is 5.02 Å². The van der Waals surface area contributed by atoms with E-state index >= 15 is 0 Å². The molecule has 8 heteroatoms. The Hall–Kier alpha value is -3.71. The average Bonchev–Trinajstić information content (AvgIpc) is 2.71. The van der Waals surface area contributed by atoms with Gasteiger partial charge in [-0.05, 0) is 48.5 Å². The number of amides is 3. The Morgan fingerprint density at radius 2 is 1.55 bits per heavy atom. The molecule has 3 amide bonds. The number of hydrogen-bond donors (Lipinski definition) is 3. The molecule has 3 N–H and O–H groups in total. The Kier molecular flexibility index (Phi) is 6.21. The van der Waals surface area contributed by atoms with Crippen LogP contribution >= 0.6 is 11.6 Å². The first-order valence-corrected chi connectivity index (χ1v) is 9.00. The van der Waals surface area contributed by atoms with Gasteiger partial charge in [0.05, 0.1) is 16.3 Å². The molecular weight excluding hydrogens is 392 g/mol. The molecule has 7 nitrogen and oxygen atoms in total. The monoisotopic (exact) mass is 408 g/mol. The molecule has 0 spiro atoms. The topological polar surface area (TPSA) is 100 Å². The quantitative estimate of drug-likeness (QED) is 0.589. The van der Waals surface area contributed by atoms with Crippen molar-refractivity contribution in [3.63, 3.8) is 0 Å². The number of halogens is 1. The molecule has 146 valence electrons. The van der Waals surface area contributed by atoms with Gasteiger partial charge in [0.2, 0.25) is 5.91 Å². The molecule has 2 aromatic carbocycles. The summed E-state index contributed by atoms with van der Waals surface area (Å²) in [7, 11) is 0. The molecule has 0 atom stereocenters. The van der Waals surface area contributed by atoms with Gasteiger partial charge in [0, 0.05) is 36.3 Å². The van der Waals surface area contributed by atoms with Gasteiger partial charge >= 0.3 is 0 Å². The summed E-state index contributed by atoms with van der Waals surface area (Å²) in [5.74, 6) is -0.979. The molecule has 0 unspecified atom stereocenters. The smallest absolute Gasteiger partial charge is 0.257 e. The standard InChI is InChI=1S/C21H17ClN4O3/c1-13(27)24-17-7-8-18(22)19(11-17)26-20(28)14-4-2-6-16(10-14)25-21(29)15-5-3-9-23-12-15/h2-12H,1H3,(H,24,27)(H,25,29)(H,26,28). The van der Waals surface area contributed by atoms with Crippen molar-refractivity contribution in [2.75, 3.05) is 16.0 Å². The Bertz CT molecular complexity index is 1070. The lowest BCUT2D eigenvalue weighted by atomic mass is 10.1. The van der Waals surface area contributed by atoms with Crippen LogP contribution in [0.1, 0.15) is 27.6 Å². The first-order valence-electron chi connectivity index (χ1n) is 8.62. The van der Waals surface area contributed by atoms with Crippen molar-refractivity contribution in [2.45, 2.75) is 6.92 Å². The maximum atomic E-state index is 12.6. The van der Waals surface area contributed by atoms with E-state index in [0.717, 1.165) is 0 Å². The summed E-state index contributed by atoms with van der Waals surface area (Å²) in [4.78, 5) is 40.0. The SMILES string of the molecule is CC(=O)Nc1ccc(Cl)c(NC(=O)c2cccc(NC(=O)c3cccnc3)c2)c1. The van der Waals surface area contributed by atoms with Crippen molar-refractivity contribution in [3.8, 4) is 0 Å². The van der Waals surface area contributed by atoms with E-state index in [-0.39, 0.29) is 11.8 Å². The number of nitrogens with one attached hydrogen (secondary N) is 3. The van der Waals surface area contributed by atoms with E-state index in [0.29, 0.717) is 33.2 Å². The number of carbonyl (C=O) groups is 3. The highest BCUT2D eigenvalue weighted by Crippen LogP contribution is 2.26. The van der Waals surface area contributed by atoms with Gasteiger partial charge in [0.15, 0.2) is 0 Å². The van der Waals surface area contributed by atoms with Crippen LogP contribution in [0.5, 0.6) is 0 Å². The van der Waals surface area contributed by atoms with Gasteiger partial charge < -0.3 is 16.0 Å². The summed E-state index contributed by atoms with van der Waals surface area (Å²) in [5.41, 5.74) is 2.06. The predicted octanol–water partition coefficient (Wildman–Crippen LogP) is 4.20. The van der Waals surface area contributed by atoms with Crippen molar-refractivity contribution in [2.24, 2.45) is 0 Å². The first-order chi connectivity index (χ1) is 13.9. The highest BCUT2D eigenvalue weighted by molar-refractivity contribution is 6.34. The molecule has 0 saturated carbocycles. The Balaban J connectivity index is 1.74. The van der Waals surface area contributed by atoms with Gasteiger partial charge in [0.25, 0.3) is 11.8 Å². The van der Waals surface area contributed by atoms with E-state index in [1.165, 1.54) is 13.1 Å². The third kappa shape index (κ3) is 5.40. The van der Waals surface area contributed by atoms with Crippen LogP contribution in [-0.4, -0.2) is 22.7 Å². The summed E-state index contributed by atoms with van der Waals surface area (Å²) < 4.78 is 0. The van der Waals surface area contributed by atoms with Crippen molar-refractivity contribution >= 4 is 46.4 Å². The summed E-state index contributed by atoms with van der Waals surface area (Å²) in [6.07, 6.45) is 3.03. The van der Waals surface area contributed by atoms with Gasteiger partial charge in [-0.3, -0.25) is 19.4 Å². The van der Waals surface area contributed by atoms with Crippen LogP contribution in [0.15, 0.2) is 67.0 Å². The van der Waals surface area contributed by atoms with Crippen molar-refractivity contribution in [1.29, 1.82) is 0 Å². The normalized spacial score (nSPS) is 10.1. The molecule has 1 aromatic heterocycles. The third-order valence-corrected chi connectivity index (χ3v) is 4.17. The van der Waals surface area contributed by atoms with Crippen molar-refractivity contribution in [3.05, 3.63) is 83.1 Å². The van der Waals surface area contributed by atoms with E-state index in [9.17, 15) is 14.4 Å². The highest BCUT2D eigenvalue weighted by atomic mass is 35.5. The Labute approximate surface area is 172 Å². The zero-order chi connectivity index (χ0) is 20.8. The molecule has 0 aliphatic rings. The number of rotatable bonds is 5. The lowest BCUT2D eigenvalue weighted by Gasteiger charge is -2.11. The number of nitrogens with zero attached hydrogens (tertiary/aromatic N) is 1. The molecule has 0 aliphatic carbocycles. The van der Waals surface area contributed by atoms with Gasteiger partial charge in [-0.1, -0.05) is 17.7 Å². The molecule has 0 aliphatic heterocycles. The van der Waals surface area contributed by atoms with E-state index < -0.39 is 5.91 Å². The molecule has 0 bridgehead atoms. The lowest BCUT2D eigenvalue weighted by Crippen LogP contribution is -2.15. The number of hydrogen-bond acceptors (Lipinski definition) is 4. The number of carbonyl (C=O) groups excluding carboxylic acids is 3. The van der Waals surface area contributed by atoms with E-state index in [2.05, 4.69) is 20.9 Å². The zero-order valence-corrected chi connectivity index (χ0v) is 16.2. The Morgan fingerprint density at radius 3 is 2.28 bits per heavy atom. The van der Waals surface area contributed by atoms with Crippen LogP contribution < -0.4 is 16.0 Å². The predicted molar refractivity (Wildman–Crippen MR) is 112 cm³/mol. The largest absolute Gasteiger partial charge is 0.326 e. The number of aromatic nitrogens is 1. The van der Waals surface area contributed by atoms with Crippen LogP contribution in [0, 0.1) is 0 Å². The maximum Gasteiger partial charge on any atom is 0.257 e. The van der Waals surface area contributed by atoms with Crippen LogP contribution in [0.3, 0.4) is 0 Å². The number of anilines is 3.